The first kappa shape index (κ1) is 13.6. The Morgan fingerprint density at radius 2 is 2.14 bits per heavy atom. The van der Waals surface area contributed by atoms with E-state index in [-0.39, 0.29) is 5.76 Å². The molecule has 7 heteroatoms. The van der Waals surface area contributed by atoms with E-state index < -0.39 is 5.91 Å². The minimum absolute atomic E-state index is 0.225. The van der Waals surface area contributed by atoms with Crippen LogP contribution >= 0.6 is 11.8 Å². The van der Waals surface area contributed by atoms with Gasteiger partial charge in [0.2, 0.25) is 0 Å². The van der Waals surface area contributed by atoms with Crippen LogP contribution in [0.4, 0.5) is 0 Å². The van der Waals surface area contributed by atoms with Crippen molar-refractivity contribution in [1.82, 2.24) is 15.4 Å². The van der Waals surface area contributed by atoms with Crippen LogP contribution in [0.1, 0.15) is 16.1 Å². The molecule has 0 saturated carbocycles. The van der Waals surface area contributed by atoms with Gasteiger partial charge in [0.05, 0.1) is 11.8 Å². The molecule has 0 aliphatic heterocycles. The standard InChI is InChI=1S/C14H12N4O2S/c15-18-13(19)12-9(5-6-20-12)7-21-14-10-3-1-2-4-11(10)16-8-17-14/h1-6,8H,7,15H2,(H,18,19). The molecule has 6 nitrogen and oxygen atoms in total. The fraction of sp³-hybridized carbons (Fsp3) is 0.0714. The SMILES string of the molecule is NNC(=O)c1occc1CSc1ncnc2ccccc12. The number of nitrogen functional groups attached to an aromatic ring is 1. The van der Waals surface area contributed by atoms with E-state index in [1.165, 1.54) is 24.4 Å². The number of nitrogens with two attached hydrogens (primary N) is 1. The zero-order valence-electron chi connectivity index (χ0n) is 10.9. The second kappa shape index (κ2) is 5.94. The first-order valence-electron chi connectivity index (χ1n) is 6.19. The highest BCUT2D eigenvalue weighted by molar-refractivity contribution is 7.98. The van der Waals surface area contributed by atoms with Gasteiger partial charge in [-0.3, -0.25) is 10.2 Å². The van der Waals surface area contributed by atoms with Crippen molar-refractivity contribution in [3.8, 4) is 0 Å². The van der Waals surface area contributed by atoms with Gasteiger partial charge in [-0.1, -0.05) is 18.2 Å². The van der Waals surface area contributed by atoms with Crippen molar-refractivity contribution >= 4 is 28.6 Å². The monoisotopic (exact) mass is 300 g/mol. The van der Waals surface area contributed by atoms with E-state index in [0.717, 1.165) is 21.5 Å². The highest BCUT2D eigenvalue weighted by Crippen LogP contribution is 2.28. The first-order chi connectivity index (χ1) is 10.3. The van der Waals surface area contributed by atoms with E-state index >= 15 is 0 Å². The third kappa shape index (κ3) is 2.74. The number of para-hydroxylation sites is 1. The van der Waals surface area contributed by atoms with Gasteiger partial charge in [-0.2, -0.15) is 0 Å². The molecule has 3 N–H and O–H groups in total. The number of furan rings is 1. The van der Waals surface area contributed by atoms with Crippen LogP contribution in [0.5, 0.6) is 0 Å². The van der Waals surface area contributed by atoms with Gasteiger partial charge < -0.3 is 4.42 Å². The molecule has 3 rings (SSSR count). The second-order valence-electron chi connectivity index (χ2n) is 4.23. The van der Waals surface area contributed by atoms with Crippen LogP contribution in [0, 0.1) is 0 Å². The topological polar surface area (TPSA) is 94.0 Å². The summed E-state index contributed by atoms with van der Waals surface area (Å²) >= 11 is 1.52. The number of hydrogen-bond acceptors (Lipinski definition) is 6. The molecule has 1 amide bonds. The summed E-state index contributed by atoms with van der Waals surface area (Å²) in [6, 6.07) is 9.54. The third-order valence-electron chi connectivity index (χ3n) is 2.95. The summed E-state index contributed by atoms with van der Waals surface area (Å²) < 4.78 is 5.16. The number of thioether (sulfide) groups is 1. The van der Waals surface area contributed by atoms with Gasteiger partial charge in [0.1, 0.15) is 11.4 Å². The number of benzene rings is 1. The van der Waals surface area contributed by atoms with E-state index in [1.54, 1.807) is 6.07 Å². The number of nitrogens with one attached hydrogen (secondary N) is 1. The van der Waals surface area contributed by atoms with Gasteiger partial charge in [-0.25, -0.2) is 15.8 Å². The smallest absolute Gasteiger partial charge is 0.301 e. The Morgan fingerprint density at radius 1 is 1.29 bits per heavy atom. The third-order valence-corrected chi connectivity index (χ3v) is 4.01. The molecular weight excluding hydrogens is 288 g/mol. The lowest BCUT2D eigenvalue weighted by atomic mass is 10.2. The van der Waals surface area contributed by atoms with Crippen LogP contribution in [0.25, 0.3) is 10.9 Å². The molecular formula is C14H12N4O2S. The van der Waals surface area contributed by atoms with Crippen LogP contribution in [0.2, 0.25) is 0 Å². The number of carbonyl (C=O) groups is 1. The highest BCUT2D eigenvalue weighted by atomic mass is 32.2. The van der Waals surface area contributed by atoms with E-state index in [0.29, 0.717) is 5.75 Å². The van der Waals surface area contributed by atoms with Crippen LogP contribution in [0.3, 0.4) is 0 Å². The summed E-state index contributed by atoms with van der Waals surface area (Å²) in [5, 5.41) is 1.85. The Bertz CT molecular complexity index is 782. The molecule has 0 fully saturated rings. The van der Waals surface area contributed by atoms with Crippen molar-refractivity contribution in [1.29, 1.82) is 0 Å². The van der Waals surface area contributed by atoms with E-state index in [4.69, 9.17) is 10.3 Å². The Hall–Kier alpha value is -2.38. The van der Waals surface area contributed by atoms with Crippen molar-refractivity contribution in [3.63, 3.8) is 0 Å². The lowest BCUT2D eigenvalue weighted by Gasteiger charge is -2.04. The number of nitrogens with zero attached hydrogens (tertiary/aromatic N) is 2. The number of fused-ring (bicyclic) bond motifs is 1. The summed E-state index contributed by atoms with van der Waals surface area (Å²) in [6.45, 7) is 0. The lowest BCUT2D eigenvalue weighted by molar-refractivity contribution is 0.0925. The van der Waals surface area contributed by atoms with Gasteiger partial charge in [-0.05, 0) is 12.1 Å². The number of aromatic nitrogens is 2. The maximum Gasteiger partial charge on any atom is 0.301 e. The van der Waals surface area contributed by atoms with Gasteiger partial charge >= 0.3 is 5.91 Å². The molecule has 0 atom stereocenters. The molecule has 0 radical (unpaired) electrons. The number of hydrazine groups is 1. The summed E-state index contributed by atoms with van der Waals surface area (Å²) in [5.41, 5.74) is 3.73. The average molecular weight is 300 g/mol. The van der Waals surface area contributed by atoms with Gasteiger partial charge in [0, 0.05) is 16.7 Å². The molecule has 0 bridgehead atoms. The van der Waals surface area contributed by atoms with Crippen molar-refractivity contribution < 1.29 is 9.21 Å². The van der Waals surface area contributed by atoms with Gasteiger partial charge in [-0.15, -0.1) is 11.8 Å². The summed E-state index contributed by atoms with van der Waals surface area (Å²) in [6.07, 6.45) is 3.01. The van der Waals surface area contributed by atoms with Crippen molar-refractivity contribution in [2.75, 3.05) is 0 Å². The van der Waals surface area contributed by atoms with Crippen LogP contribution < -0.4 is 11.3 Å². The van der Waals surface area contributed by atoms with Crippen molar-refractivity contribution in [2.24, 2.45) is 5.84 Å². The molecule has 0 spiro atoms. The molecule has 3 aromatic rings. The highest BCUT2D eigenvalue weighted by Gasteiger charge is 2.15. The fourth-order valence-electron chi connectivity index (χ4n) is 1.96. The van der Waals surface area contributed by atoms with E-state index in [1.807, 2.05) is 24.3 Å². The molecule has 1 aromatic carbocycles. The largest absolute Gasteiger partial charge is 0.459 e. The maximum absolute atomic E-state index is 11.6. The zero-order valence-corrected chi connectivity index (χ0v) is 11.8. The average Bonchev–Trinajstić information content (AvgIpc) is 3.00. The lowest BCUT2D eigenvalue weighted by Crippen LogP contribution is -2.30. The van der Waals surface area contributed by atoms with Crippen molar-refractivity contribution in [3.05, 3.63) is 54.2 Å². The number of hydrogen-bond donors (Lipinski definition) is 2. The zero-order chi connectivity index (χ0) is 14.7. The van der Waals surface area contributed by atoms with Gasteiger partial charge in [0.25, 0.3) is 0 Å². The molecule has 0 aliphatic carbocycles. The quantitative estimate of drug-likeness (QED) is 0.252. The molecule has 0 saturated heterocycles. The fourth-order valence-corrected chi connectivity index (χ4v) is 2.92. The molecule has 0 aliphatic rings. The minimum Gasteiger partial charge on any atom is -0.459 e. The Morgan fingerprint density at radius 3 is 3.00 bits per heavy atom. The van der Waals surface area contributed by atoms with Gasteiger partial charge in [0.15, 0.2) is 5.76 Å². The summed E-state index contributed by atoms with van der Waals surface area (Å²) in [7, 11) is 0. The van der Waals surface area contributed by atoms with Crippen LogP contribution in [-0.2, 0) is 5.75 Å². The predicted octanol–water partition coefficient (Wildman–Crippen LogP) is 2.12. The van der Waals surface area contributed by atoms with Crippen molar-refractivity contribution in [2.45, 2.75) is 10.8 Å². The number of amides is 1. The Kier molecular flexibility index (Phi) is 3.85. The molecule has 0 unspecified atom stereocenters. The Balaban J connectivity index is 1.84. The molecule has 106 valence electrons. The van der Waals surface area contributed by atoms with Crippen LogP contribution in [0.15, 0.2) is 52.4 Å². The summed E-state index contributed by atoms with van der Waals surface area (Å²) in [5.74, 6) is 5.47. The first-order valence-corrected chi connectivity index (χ1v) is 7.18. The minimum atomic E-state index is -0.442. The molecule has 2 aromatic heterocycles. The number of carbonyl (C=O) groups excluding carboxylic acids is 1. The molecule has 2 heterocycles. The molecule has 21 heavy (non-hydrogen) atoms. The Labute approximate surface area is 124 Å². The maximum atomic E-state index is 11.6. The van der Waals surface area contributed by atoms with E-state index in [9.17, 15) is 4.79 Å². The summed E-state index contributed by atoms with van der Waals surface area (Å²) in [4.78, 5) is 20.1. The van der Waals surface area contributed by atoms with E-state index in [2.05, 4.69) is 15.4 Å². The van der Waals surface area contributed by atoms with Crippen LogP contribution in [-0.4, -0.2) is 15.9 Å². The second-order valence-corrected chi connectivity index (χ2v) is 5.20. The predicted molar refractivity (Wildman–Crippen MR) is 79.5 cm³/mol. The normalized spacial score (nSPS) is 10.7. The number of rotatable bonds is 4.